The first-order valence-electron chi connectivity index (χ1n) is 14.2. The van der Waals surface area contributed by atoms with Gasteiger partial charge in [-0.25, -0.2) is 4.79 Å². The van der Waals surface area contributed by atoms with Crippen LogP contribution in [0.15, 0.2) is 47.6 Å². The fourth-order valence-corrected chi connectivity index (χ4v) is 7.66. The van der Waals surface area contributed by atoms with Crippen LogP contribution in [0, 0.1) is 29.1 Å². The van der Waals surface area contributed by atoms with Gasteiger partial charge in [0, 0.05) is 31.1 Å². The van der Waals surface area contributed by atoms with Gasteiger partial charge in [0.25, 0.3) is 0 Å². The lowest BCUT2D eigenvalue weighted by Gasteiger charge is -2.44. The lowest BCUT2D eigenvalue weighted by molar-refractivity contribution is -0.140. The van der Waals surface area contributed by atoms with Gasteiger partial charge >= 0.3 is 5.97 Å². The Labute approximate surface area is 222 Å². The van der Waals surface area contributed by atoms with E-state index in [1.807, 2.05) is 0 Å². The Hall–Kier alpha value is -1.73. The highest BCUT2D eigenvalue weighted by Gasteiger charge is 2.51. The maximum atomic E-state index is 12.0. The summed E-state index contributed by atoms with van der Waals surface area (Å²) in [6.45, 7) is 15.2. The zero-order valence-electron chi connectivity index (χ0n) is 22.8. The number of carbonyl (C=O) groups is 1. The maximum absolute atomic E-state index is 12.0. The van der Waals surface area contributed by atoms with Gasteiger partial charge in [-0.15, -0.1) is 0 Å². The van der Waals surface area contributed by atoms with Crippen LogP contribution in [0.5, 0.6) is 0 Å². The van der Waals surface area contributed by atoms with E-state index in [9.17, 15) is 15.0 Å². The number of hydrogen-bond acceptors (Lipinski definition) is 6. The number of aliphatic hydroxyl groups is 3. The molecule has 4 rings (SSSR count). The van der Waals surface area contributed by atoms with Crippen LogP contribution in [0.2, 0.25) is 0 Å². The average Bonchev–Trinajstić information content (AvgIpc) is 3.34. The van der Waals surface area contributed by atoms with Gasteiger partial charge < -0.3 is 24.8 Å². The topological polar surface area (TPSA) is 96.2 Å². The van der Waals surface area contributed by atoms with Gasteiger partial charge in [-0.2, -0.15) is 0 Å². The Morgan fingerprint density at radius 1 is 1.22 bits per heavy atom. The molecule has 206 valence electrons. The van der Waals surface area contributed by atoms with E-state index in [1.54, 1.807) is 0 Å². The third-order valence-electron chi connectivity index (χ3n) is 9.96. The van der Waals surface area contributed by atoms with E-state index in [0.29, 0.717) is 48.3 Å². The Balaban J connectivity index is 1.44. The van der Waals surface area contributed by atoms with Gasteiger partial charge in [-0.3, -0.25) is 0 Å². The van der Waals surface area contributed by atoms with Gasteiger partial charge in [-0.05, 0) is 79.3 Å². The van der Waals surface area contributed by atoms with Crippen LogP contribution in [0.4, 0.5) is 0 Å². The van der Waals surface area contributed by atoms with Crippen molar-refractivity contribution in [3.05, 3.63) is 47.6 Å². The van der Waals surface area contributed by atoms with E-state index in [4.69, 9.17) is 14.6 Å². The van der Waals surface area contributed by atoms with Crippen LogP contribution < -0.4 is 0 Å². The zero-order chi connectivity index (χ0) is 26.9. The molecule has 1 aliphatic heterocycles. The SMILES string of the molecule is C=C1C(=O)OC(CC(C)[C@H]2CC[C@H]3/C(=C\C=C4/CC(O)C(OCCCO)C(O)C4=C)CCC[C@]23C)C1C. The minimum Gasteiger partial charge on any atom is -0.458 e. The molecule has 1 heterocycles. The van der Waals surface area contributed by atoms with Gasteiger partial charge in [0.2, 0.25) is 0 Å². The smallest absolute Gasteiger partial charge is 0.334 e. The first-order chi connectivity index (χ1) is 17.6. The van der Waals surface area contributed by atoms with Crippen molar-refractivity contribution in [2.75, 3.05) is 13.2 Å². The van der Waals surface area contributed by atoms with Crippen molar-refractivity contribution in [1.29, 1.82) is 0 Å². The molecule has 6 unspecified atom stereocenters. The second-order valence-electron chi connectivity index (χ2n) is 12.2. The van der Waals surface area contributed by atoms with Crippen molar-refractivity contribution < 1.29 is 29.6 Å². The number of allylic oxidation sites excluding steroid dienone is 3. The van der Waals surface area contributed by atoms with E-state index in [-0.39, 0.29) is 30.0 Å². The molecule has 4 aliphatic rings. The fraction of sp³-hybridized carbons (Fsp3) is 0.710. The summed E-state index contributed by atoms with van der Waals surface area (Å²) in [5.74, 6) is 1.41. The molecule has 0 bridgehead atoms. The first-order valence-corrected chi connectivity index (χ1v) is 14.2. The highest BCUT2D eigenvalue weighted by atomic mass is 16.6. The number of aliphatic hydroxyl groups excluding tert-OH is 3. The summed E-state index contributed by atoms with van der Waals surface area (Å²) >= 11 is 0. The molecule has 6 nitrogen and oxygen atoms in total. The highest BCUT2D eigenvalue weighted by Crippen LogP contribution is 2.60. The molecule has 0 spiro atoms. The minimum absolute atomic E-state index is 0.0151. The van der Waals surface area contributed by atoms with Crippen LogP contribution in [0.1, 0.15) is 72.1 Å². The maximum Gasteiger partial charge on any atom is 0.334 e. The standard InChI is InChI=1S/C31H46O6/c1-18(16-27-19(2)20(3)30(35)37-27)24-11-12-25-22(8-6-13-31(24,25)5)9-10-23-17-26(33)29(28(34)21(23)4)36-15-7-14-32/h9-10,18-19,24-29,32-34H,3-4,6-8,11-17H2,1-2,5H3/b22-9-,23-10+/t18?,19?,24-,25+,26?,27?,28?,29?,31-/m1/s1. The molecule has 4 fully saturated rings. The largest absolute Gasteiger partial charge is 0.458 e. The van der Waals surface area contributed by atoms with Crippen LogP contribution in [0.25, 0.3) is 0 Å². The Bertz CT molecular complexity index is 949. The van der Waals surface area contributed by atoms with Crippen LogP contribution in [-0.4, -0.2) is 58.9 Å². The Morgan fingerprint density at radius 2 is 1.97 bits per heavy atom. The van der Waals surface area contributed by atoms with E-state index in [0.717, 1.165) is 24.8 Å². The number of hydrogen-bond donors (Lipinski definition) is 3. The molecule has 0 aromatic carbocycles. The molecule has 3 aliphatic carbocycles. The summed E-state index contributed by atoms with van der Waals surface area (Å²) in [5.41, 5.74) is 3.77. The quantitative estimate of drug-likeness (QED) is 0.248. The van der Waals surface area contributed by atoms with Gasteiger partial charge in [0.15, 0.2) is 0 Å². The lowest BCUT2D eigenvalue weighted by atomic mass is 9.60. The number of cyclic esters (lactones) is 1. The van der Waals surface area contributed by atoms with E-state index in [2.05, 4.69) is 46.1 Å². The molecule has 3 saturated carbocycles. The third-order valence-corrected chi connectivity index (χ3v) is 9.96. The minimum atomic E-state index is -0.955. The van der Waals surface area contributed by atoms with Crippen molar-refractivity contribution in [2.45, 2.75) is 96.6 Å². The van der Waals surface area contributed by atoms with Crippen molar-refractivity contribution in [3.8, 4) is 0 Å². The molecule has 0 aromatic heterocycles. The van der Waals surface area contributed by atoms with Crippen LogP contribution in [0.3, 0.4) is 0 Å². The van der Waals surface area contributed by atoms with Crippen molar-refractivity contribution in [3.63, 3.8) is 0 Å². The summed E-state index contributed by atoms with van der Waals surface area (Å²) in [5, 5.41) is 30.3. The third kappa shape index (κ3) is 5.54. The van der Waals surface area contributed by atoms with E-state index >= 15 is 0 Å². The molecule has 1 saturated heterocycles. The summed E-state index contributed by atoms with van der Waals surface area (Å²) < 4.78 is 11.3. The molecule has 3 N–H and O–H groups in total. The molecular formula is C31H46O6. The van der Waals surface area contributed by atoms with Crippen LogP contribution in [-0.2, 0) is 14.3 Å². The predicted octanol–water partition coefficient (Wildman–Crippen LogP) is 4.65. The summed E-state index contributed by atoms with van der Waals surface area (Å²) in [6, 6.07) is 0. The summed E-state index contributed by atoms with van der Waals surface area (Å²) in [4.78, 5) is 12.0. The van der Waals surface area contributed by atoms with Crippen LogP contribution >= 0.6 is 0 Å². The molecule has 37 heavy (non-hydrogen) atoms. The Kier molecular flexibility index (Phi) is 8.84. The average molecular weight is 515 g/mol. The van der Waals surface area contributed by atoms with Gasteiger partial charge in [-0.1, -0.05) is 51.7 Å². The Morgan fingerprint density at radius 3 is 2.65 bits per heavy atom. The number of carbonyl (C=O) groups excluding carboxylic acids is 1. The van der Waals surface area contributed by atoms with Crippen molar-refractivity contribution in [2.24, 2.45) is 29.1 Å². The summed E-state index contributed by atoms with van der Waals surface area (Å²) in [6.07, 6.45) is 9.30. The molecule has 9 atom stereocenters. The lowest BCUT2D eigenvalue weighted by Crippen LogP contribution is -2.45. The zero-order valence-corrected chi connectivity index (χ0v) is 22.8. The monoisotopic (exact) mass is 514 g/mol. The van der Waals surface area contributed by atoms with Crippen molar-refractivity contribution in [1.82, 2.24) is 0 Å². The normalized spacial score (nSPS) is 41.4. The molecule has 0 radical (unpaired) electrons. The number of esters is 1. The van der Waals surface area contributed by atoms with E-state index < -0.39 is 18.3 Å². The molecular weight excluding hydrogens is 468 g/mol. The van der Waals surface area contributed by atoms with E-state index in [1.165, 1.54) is 24.8 Å². The fourth-order valence-electron chi connectivity index (χ4n) is 7.66. The number of ether oxygens (including phenoxy) is 2. The molecule has 0 amide bonds. The molecule has 6 heteroatoms. The van der Waals surface area contributed by atoms with Crippen molar-refractivity contribution >= 4 is 5.97 Å². The predicted molar refractivity (Wildman–Crippen MR) is 144 cm³/mol. The second kappa shape index (κ2) is 11.6. The highest BCUT2D eigenvalue weighted by molar-refractivity contribution is 5.90. The second-order valence-corrected chi connectivity index (χ2v) is 12.2. The molecule has 0 aromatic rings. The number of rotatable bonds is 8. The number of fused-ring (bicyclic) bond motifs is 1. The van der Waals surface area contributed by atoms with Gasteiger partial charge in [0.1, 0.15) is 18.3 Å². The summed E-state index contributed by atoms with van der Waals surface area (Å²) in [7, 11) is 0. The van der Waals surface area contributed by atoms with Gasteiger partial charge in [0.05, 0.1) is 6.10 Å². The first kappa shape index (κ1) is 28.3.